The van der Waals surface area contributed by atoms with Crippen LogP contribution in [0.1, 0.15) is 20.3 Å². The molecule has 0 spiro atoms. The first kappa shape index (κ1) is 14.9. The van der Waals surface area contributed by atoms with Crippen molar-refractivity contribution in [1.29, 1.82) is 0 Å². The molecule has 2 amide bonds. The highest BCUT2D eigenvalue weighted by Crippen LogP contribution is 2.20. The molecule has 0 fully saturated rings. The van der Waals surface area contributed by atoms with E-state index in [1.54, 1.807) is 13.8 Å². The number of carbonyl (C=O) groups excluding carboxylic acids is 2. The van der Waals surface area contributed by atoms with Gasteiger partial charge < -0.3 is 20.8 Å². The summed E-state index contributed by atoms with van der Waals surface area (Å²) >= 11 is 0. The minimum atomic E-state index is -0.967. The highest BCUT2D eigenvalue weighted by molar-refractivity contribution is 5.87. The fourth-order valence-electron chi connectivity index (χ4n) is 1.08. The standard InChI is InChI=1S/C10H20N2O4/c1-10(2,9(11)16)4-8(15)12(3)5-7(14)6-13/h7,13-14H,4-6H2,1-3H3,(H2,11,16). The molecule has 16 heavy (non-hydrogen) atoms. The van der Waals surface area contributed by atoms with E-state index < -0.39 is 24.0 Å². The summed E-state index contributed by atoms with van der Waals surface area (Å²) in [4.78, 5) is 23.9. The molecule has 0 saturated carbocycles. The number of aliphatic hydroxyl groups excluding tert-OH is 2. The van der Waals surface area contributed by atoms with Gasteiger partial charge in [-0.05, 0) is 0 Å². The first-order valence-electron chi connectivity index (χ1n) is 5.03. The lowest BCUT2D eigenvalue weighted by Crippen LogP contribution is -2.41. The number of aliphatic hydroxyl groups is 2. The third kappa shape index (κ3) is 4.59. The second-order valence-corrected chi connectivity index (χ2v) is 4.54. The monoisotopic (exact) mass is 232 g/mol. The molecule has 0 bridgehead atoms. The largest absolute Gasteiger partial charge is 0.394 e. The predicted octanol–water partition coefficient (Wildman–Crippen LogP) is -1.30. The van der Waals surface area contributed by atoms with Crippen LogP contribution in [-0.4, -0.2) is 53.2 Å². The maximum absolute atomic E-state index is 11.6. The molecule has 0 aliphatic heterocycles. The molecule has 1 atom stereocenters. The molecule has 1 unspecified atom stereocenters. The van der Waals surface area contributed by atoms with Gasteiger partial charge in [-0.3, -0.25) is 9.59 Å². The second-order valence-electron chi connectivity index (χ2n) is 4.54. The van der Waals surface area contributed by atoms with Crippen LogP contribution in [0.5, 0.6) is 0 Å². The number of hydrogen-bond acceptors (Lipinski definition) is 4. The van der Waals surface area contributed by atoms with E-state index in [-0.39, 0.29) is 18.9 Å². The van der Waals surface area contributed by atoms with Gasteiger partial charge in [0.2, 0.25) is 11.8 Å². The van der Waals surface area contributed by atoms with Gasteiger partial charge in [0.1, 0.15) is 0 Å². The van der Waals surface area contributed by atoms with Gasteiger partial charge in [0, 0.05) is 20.0 Å². The first-order valence-corrected chi connectivity index (χ1v) is 5.03. The van der Waals surface area contributed by atoms with E-state index in [0.29, 0.717) is 0 Å². The summed E-state index contributed by atoms with van der Waals surface area (Å²) in [5.74, 6) is -0.840. The van der Waals surface area contributed by atoms with Crippen molar-refractivity contribution >= 4 is 11.8 Å². The van der Waals surface area contributed by atoms with E-state index in [1.165, 1.54) is 11.9 Å². The smallest absolute Gasteiger partial charge is 0.223 e. The van der Waals surface area contributed by atoms with Gasteiger partial charge in [-0.15, -0.1) is 0 Å². The number of likely N-dealkylation sites (N-methyl/N-ethyl adjacent to an activating group) is 1. The Balaban J connectivity index is 4.31. The molecule has 0 radical (unpaired) electrons. The van der Waals surface area contributed by atoms with Crippen molar-refractivity contribution in [2.45, 2.75) is 26.4 Å². The fraction of sp³-hybridized carbons (Fsp3) is 0.800. The summed E-state index contributed by atoms with van der Waals surface area (Å²) in [6.07, 6.45) is -0.984. The van der Waals surface area contributed by atoms with Crippen molar-refractivity contribution in [3.8, 4) is 0 Å². The van der Waals surface area contributed by atoms with Crippen molar-refractivity contribution in [2.24, 2.45) is 11.1 Å². The average molecular weight is 232 g/mol. The van der Waals surface area contributed by atoms with Gasteiger partial charge in [-0.25, -0.2) is 0 Å². The van der Waals surface area contributed by atoms with Crippen molar-refractivity contribution in [2.75, 3.05) is 20.2 Å². The highest BCUT2D eigenvalue weighted by Gasteiger charge is 2.29. The summed E-state index contributed by atoms with van der Waals surface area (Å²) in [7, 11) is 1.50. The lowest BCUT2D eigenvalue weighted by atomic mass is 9.88. The van der Waals surface area contributed by atoms with Crippen LogP contribution in [0.15, 0.2) is 0 Å². The van der Waals surface area contributed by atoms with Crippen LogP contribution in [0.2, 0.25) is 0 Å². The molecule has 4 N–H and O–H groups in total. The maximum Gasteiger partial charge on any atom is 0.223 e. The van der Waals surface area contributed by atoms with Gasteiger partial charge in [0.25, 0.3) is 0 Å². The molecule has 6 nitrogen and oxygen atoms in total. The van der Waals surface area contributed by atoms with E-state index in [2.05, 4.69) is 0 Å². The van der Waals surface area contributed by atoms with E-state index in [1.807, 2.05) is 0 Å². The van der Waals surface area contributed by atoms with E-state index in [9.17, 15) is 9.59 Å². The van der Waals surface area contributed by atoms with Crippen LogP contribution >= 0.6 is 0 Å². The Bertz CT molecular complexity index is 266. The van der Waals surface area contributed by atoms with Crippen molar-refractivity contribution < 1.29 is 19.8 Å². The van der Waals surface area contributed by atoms with Gasteiger partial charge in [0.15, 0.2) is 0 Å². The molecule has 6 heteroatoms. The Morgan fingerprint density at radius 3 is 2.31 bits per heavy atom. The molecule has 0 heterocycles. The van der Waals surface area contributed by atoms with Gasteiger partial charge in [-0.2, -0.15) is 0 Å². The van der Waals surface area contributed by atoms with Crippen LogP contribution < -0.4 is 5.73 Å². The van der Waals surface area contributed by atoms with Crippen LogP contribution in [0.4, 0.5) is 0 Å². The zero-order valence-corrected chi connectivity index (χ0v) is 9.93. The number of primary amides is 1. The normalized spacial score (nSPS) is 13.3. The summed E-state index contributed by atoms with van der Waals surface area (Å²) in [5.41, 5.74) is 4.24. The molecule has 0 saturated heterocycles. The number of amides is 2. The number of rotatable bonds is 6. The molecule has 0 aliphatic carbocycles. The van der Waals surface area contributed by atoms with Crippen molar-refractivity contribution in [3.63, 3.8) is 0 Å². The molecule has 0 aliphatic rings. The van der Waals surface area contributed by atoms with E-state index in [4.69, 9.17) is 15.9 Å². The summed E-state index contributed by atoms with van der Waals surface area (Å²) in [6.45, 7) is 2.80. The lowest BCUT2D eigenvalue weighted by Gasteiger charge is -2.25. The minimum Gasteiger partial charge on any atom is -0.394 e. The van der Waals surface area contributed by atoms with E-state index >= 15 is 0 Å². The summed E-state index contributed by atoms with van der Waals surface area (Å²) in [5, 5.41) is 17.8. The zero-order chi connectivity index (χ0) is 12.9. The first-order chi connectivity index (χ1) is 7.20. The number of hydrogen-bond donors (Lipinski definition) is 3. The number of carbonyl (C=O) groups is 2. The molecular formula is C10H20N2O4. The molecule has 0 rings (SSSR count). The quantitative estimate of drug-likeness (QED) is 0.529. The summed E-state index contributed by atoms with van der Waals surface area (Å²) in [6, 6.07) is 0. The van der Waals surface area contributed by atoms with Crippen molar-refractivity contribution in [1.82, 2.24) is 4.90 Å². The molecule has 94 valence electrons. The molecule has 0 aromatic heterocycles. The van der Waals surface area contributed by atoms with Crippen LogP contribution in [0, 0.1) is 5.41 Å². The highest BCUT2D eigenvalue weighted by atomic mass is 16.3. The van der Waals surface area contributed by atoms with Crippen LogP contribution in [-0.2, 0) is 9.59 Å². The topological polar surface area (TPSA) is 104 Å². The predicted molar refractivity (Wildman–Crippen MR) is 58.3 cm³/mol. The molecular weight excluding hydrogens is 212 g/mol. The van der Waals surface area contributed by atoms with Crippen LogP contribution in [0.3, 0.4) is 0 Å². The Hall–Kier alpha value is -1.14. The SMILES string of the molecule is CN(CC(O)CO)C(=O)CC(C)(C)C(N)=O. The second kappa shape index (κ2) is 5.81. The fourth-order valence-corrected chi connectivity index (χ4v) is 1.08. The van der Waals surface area contributed by atoms with Crippen molar-refractivity contribution in [3.05, 3.63) is 0 Å². The Morgan fingerprint density at radius 2 is 1.94 bits per heavy atom. The van der Waals surface area contributed by atoms with E-state index in [0.717, 1.165) is 0 Å². The maximum atomic E-state index is 11.6. The minimum absolute atomic E-state index is 0.0169. The number of nitrogens with two attached hydrogens (primary N) is 1. The molecule has 0 aromatic rings. The van der Waals surface area contributed by atoms with Gasteiger partial charge in [-0.1, -0.05) is 13.8 Å². The molecule has 0 aromatic carbocycles. The number of nitrogens with zero attached hydrogens (tertiary/aromatic N) is 1. The third-order valence-electron chi connectivity index (χ3n) is 2.38. The third-order valence-corrected chi connectivity index (χ3v) is 2.38. The summed E-state index contributed by atoms with van der Waals surface area (Å²) < 4.78 is 0. The van der Waals surface area contributed by atoms with Gasteiger partial charge >= 0.3 is 0 Å². The Kier molecular flexibility index (Phi) is 5.40. The zero-order valence-electron chi connectivity index (χ0n) is 9.93. The average Bonchev–Trinajstić information content (AvgIpc) is 2.16. The van der Waals surface area contributed by atoms with Gasteiger partial charge in [0.05, 0.1) is 18.1 Å². The Morgan fingerprint density at radius 1 is 1.44 bits per heavy atom. The van der Waals surface area contributed by atoms with Crippen LogP contribution in [0.25, 0.3) is 0 Å². The Labute approximate surface area is 95.0 Å². The lowest BCUT2D eigenvalue weighted by molar-refractivity contribution is -0.138.